The molecule has 2 saturated heterocycles. The van der Waals surface area contributed by atoms with Gasteiger partial charge in [0.2, 0.25) is 23.6 Å². The smallest absolute Gasteiger partial charge is 0.296 e. The average Bonchev–Trinajstić information content (AvgIpc) is 3.49. The second kappa shape index (κ2) is 16.7. The highest BCUT2D eigenvalue weighted by Gasteiger charge is 2.41. The van der Waals surface area contributed by atoms with Crippen LogP contribution < -0.4 is 20.8 Å². The van der Waals surface area contributed by atoms with E-state index >= 15 is 0 Å². The zero-order valence-electron chi connectivity index (χ0n) is 29.7. The third-order valence-corrected chi connectivity index (χ3v) is 11.3. The Morgan fingerprint density at radius 1 is 0.902 bits per heavy atom. The van der Waals surface area contributed by atoms with Crippen molar-refractivity contribution in [2.75, 3.05) is 20.3 Å². The van der Waals surface area contributed by atoms with E-state index < -0.39 is 52.0 Å². The molecule has 276 valence electrons. The number of unbranched alkanes of at least 4 members (excludes halogenated alkanes) is 1. The van der Waals surface area contributed by atoms with Gasteiger partial charge in [0.05, 0.1) is 17.0 Å². The van der Waals surface area contributed by atoms with Gasteiger partial charge in [0, 0.05) is 24.5 Å². The van der Waals surface area contributed by atoms with Gasteiger partial charge in [-0.3, -0.25) is 23.4 Å². The molecule has 2 unspecified atom stereocenters. The summed E-state index contributed by atoms with van der Waals surface area (Å²) in [6.07, 6.45) is 5.13. The number of fused-ring (bicyclic) bond motifs is 2. The number of piperidine rings is 1. The Bertz CT molecular complexity index is 1830. The third-order valence-electron chi connectivity index (χ3n) is 9.95. The number of hydrogen-bond acceptors (Lipinski definition) is 8. The van der Waals surface area contributed by atoms with Crippen molar-refractivity contribution < 1.29 is 36.6 Å². The fourth-order valence-electron chi connectivity index (χ4n) is 6.75. The molecular weight excluding hydrogens is 675 g/mol. The number of carbonyl (C=O) groups is 4. The van der Waals surface area contributed by atoms with Gasteiger partial charge in [-0.05, 0) is 75.1 Å². The Kier molecular flexibility index (Phi) is 12.4. The highest BCUT2D eigenvalue weighted by molar-refractivity contribution is 7.86. The van der Waals surface area contributed by atoms with Crippen molar-refractivity contribution in [1.29, 1.82) is 0 Å². The predicted octanol–water partition coefficient (Wildman–Crippen LogP) is 3.02. The molecule has 5 rings (SSSR count). The van der Waals surface area contributed by atoms with Crippen molar-refractivity contribution in [3.63, 3.8) is 0 Å². The van der Waals surface area contributed by atoms with E-state index in [1.54, 1.807) is 28.0 Å². The quantitative estimate of drug-likeness (QED) is 0.190. The summed E-state index contributed by atoms with van der Waals surface area (Å²) in [5, 5.41) is 9.56. The van der Waals surface area contributed by atoms with Crippen LogP contribution in [0, 0.1) is 12.8 Å². The number of amides is 4. The van der Waals surface area contributed by atoms with E-state index in [0.29, 0.717) is 25.8 Å². The van der Waals surface area contributed by atoms with Crippen LogP contribution in [-0.4, -0.2) is 86.1 Å². The minimum atomic E-state index is -3.96. The minimum absolute atomic E-state index is 0.0548. The SMILES string of the molecule is CCC(C)[C@@H]1NC(=O)C(Cc2cn(OC)c3ccccc23)NC(=O)[C@H](CCCCOS(=O)(=O)c2ccc(C)cc2)NC(=O)[C@H]2CCCCN2C1=O. The highest BCUT2D eigenvalue weighted by atomic mass is 32.2. The van der Waals surface area contributed by atoms with E-state index in [0.717, 1.165) is 34.9 Å². The van der Waals surface area contributed by atoms with Gasteiger partial charge >= 0.3 is 0 Å². The van der Waals surface area contributed by atoms with Crippen LogP contribution in [0.5, 0.6) is 0 Å². The molecule has 1 aromatic heterocycles. The summed E-state index contributed by atoms with van der Waals surface area (Å²) < 4.78 is 32.2. The molecule has 5 atom stereocenters. The normalized spacial score (nSPS) is 22.6. The Labute approximate surface area is 299 Å². The van der Waals surface area contributed by atoms with Gasteiger partial charge in [-0.15, -0.1) is 0 Å². The van der Waals surface area contributed by atoms with Gasteiger partial charge in [-0.1, -0.05) is 56.2 Å². The maximum Gasteiger partial charge on any atom is 0.296 e. The van der Waals surface area contributed by atoms with Crippen LogP contribution in [0.3, 0.4) is 0 Å². The average molecular weight is 724 g/mol. The third kappa shape index (κ3) is 8.90. The number of nitrogens with zero attached hydrogens (tertiary/aromatic N) is 2. The molecule has 13 nitrogen and oxygen atoms in total. The molecule has 0 saturated carbocycles. The number of hydrogen-bond donors (Lipinski definition) is 3. The molecule has 2 fully saturated rings. The molecule has 4 amide bonds. The number of nitrogens with one attached hydrogen (secondary N) is 3. The summed E-state index contributed by atoms with van der Waals surface area (Å²) in [6.45, 7) is 5.93. The van der Waals surface area contributed by atoms with Crippen molar-refractivity contribution in [3.05, 3.63) is 65.9 Å². The van der Waals surface area contributed by atoms with E-state index in [1.807, 2.05) is 45.0 Å². The maximum atomic E-state index is 14.1. The van der Waals surface area contributed by atoms with Crippen molar-refractivity contribution in [2.24, 2.45) is 5.92 Å². The Hall–Kier alpha value is -4.43. The lowest BCUT2D eigenvalue weighted by molar-refractivity contribution is -0.147. The molecule has 0 spiro atoms. The molecule has 2 aliphatic heterocycles. The summed E-state index contributed by atoms with van der Waals surface area (Å²) in [6, 6.07) is 10.1. The minimum Gasteiger partial charge on any atom is -0.417 e. The lowest BCUT2D eigenvalue weighted by Crippen LogP contribution is -2.64. The van der Waals surface area contributed by atoms with Gasteiger partial charge in [0.25, 0.3) is 10.1 Å². The Balaban J connectivity index is 1.39. The van der Waals surface area contributed by atoms with Gasteiger partial charge in [0.15, 0.2) is 0 Å². The highest BCUT2D eigenvalue weighted by Crippen LogP contribution is 2.25. The summed E-state index contributed by atoms with van der Waals surface area (Å²) in [4.78, 5) is 63.2. The fraction of sp³-hybridized carbons (Fsp3) is 0.514. The largest absolute Gasteiger partial charge is 0.417 e. The summed E-state index contributed by atoms with van der Waals surface area (Å²) in [5.41, 5.74) is 2.45. The Morgan fingerprint density at radius 2 is 1.61 bits per heavy atom. The summed E-state index contributed by atoms with van der Waals surface area (Å²) in [7, 11) is -2.43. The van der Waals surface area contributed by atoms with Gasteiger partial charge < -0.3 is 25.7 Å². The van der Waals surface area contributed by atoms with Crippen LogP contribution in [-0.2, 0) is 39.9 Å². The van der Waals surface area contributed by atoms with Crippen LogP contribution in [0.2, 0.25) is 0 Å². The molecule has 2 aromatic carbocycles. The van der Waals surface area contributed by atoms with Crippen molar-refractivity contribution in [1.82, 2.24) is 25.6 Å². The van der Waals surface area contributed by atoms with E-state index in [4.69, 9.17) is 9.02 Å². The number of carbonyl (C=O) groups excluding carboxylic acids is 4. The molecule has 51 heavy (non-hydrogen) atoms. The molecule has 2 aliphatic rings. The monoisotopic (exact) mass is 723 g/mol. The first kappa shape index (κ1) is 37.8. The number of para-hydroxylation sites is 1. The number of benzene rings is 2. The molecule has 3 N–H and O–H groups in total. The standard InChI is InChI=1S/C37H49N5O8S/c1-5-25(3)33-37(46)41-20-10-8-15-32(41)36(45)38-29(13-9-11-21-50-51(47,48)27-18-16-24(2)17-19-27)34(43)39-30(35(44)40-33)22-26-23-42(49-4)31-14-7-6-12-28(26)31/h6-7,12,14,16-19,23,25,29-30,32-33H,5,8-11,13,15,20-22H2,1-4H3,(H,38,45)(H,39,43)(H,40,44)/t25?,29-,30?,32+,33-/m0/s1. The number of aryl methyl sites for hydroxylation is 1. The van der Waals surface area contributed by atoms with Crippen LogP contribution in [0.4, 0.5) is 0 Å². The Morgan fingerprint density at radius 3 is 2.33 bits per heavy atom. The van der Waals surface area contributed by atoms with E-state index in [1.165, 1.54) is 19.2 Å². The van der Waals surface area contributed by atoms with Crippen LogP contribution in [0.25, 0.3) is 10.9 Å². The van der Waals surface area contributed by atoms with Crippen molar-refractivity contribution >= 4 is 44.6 Å². The number of rotatable bonds is 12. The lowest BCUT2D eigenvalue weighted by atomic mass is 9.93. The fourth-order valence-corrected chi connectivity index (χ4v) is 7.69. The van der Waals surface area contributed by atoms with Gasteiger partial charge in [0.1, 0.15) is 31.3 Å². The topological polar surface area (TPSA) is 165 Å². The maximum absolute atomic E-state index is 14.1. The molecule has 0 aliphatic carbocycles. The second-order valence-electron chi connectivity index (χ2n) is 13.5. The first-order valence-corrected chi connectivity index (χ1v) is 19.2. The number of aromatic nitrogens is 1. The zero-order valence-corrected chi connectivity index (χ0v) is 30.5. The van der Waals surface area contributed by atoms with Crippen molar-refractivity contribution in [3.8, 4) is 0 Å². The van der Waals surface area contributed by atoms with Crippen molar-refractivity contribution in [2.45, 2.75) is 101 Å². The predicted molar refractivity (Wildman–Crippen MR) is 191 cm³/mol. The summed E-state index contributed by atoms with van der Waals surface area (Å²) >= 11 is 0. The van der Waals surface area contributed by atoms with E-state index in [-0.39, 0.29) is 42.6 Å². The molecule has 0 bridgehead atoms. The van der Waals surface area contributed by atoms with Crippen LogP contribution in [0.1, 0.15) is 69.9 Å². The summed E-state index contributed by atoms with van der Waals surface area (Å²) in [5.74, 6) is -2.04. The van der Waals surface area contributed by atoms with Gasteiger partial charge in [-0.25, -0.2) is 0 Å². The molecule has 14 heteroatoms. The molecule has 0 radical (unpaired) electrons. The molecular formula is C37H49N5O8S. The lowest BCUT2D eigenvalue weighted by Gasteiger charge is -2.39. The second-order valence-corrected chi connectivity index (χ2v) is 15.1. The zero-order chi connectivity index (χ0) is 36.7. The molecule has 3 aromatic rings. The van der Waals surface area contributed by atoms with E-state index in [2.05, 4.69) is 16.0 Å². The van der Waals surface area contributed by atoms with E-state index in [9.17, 15) is 27.6 Å². The first-order chi connectivity index (χ1) is 24.4. The van der Waals surface area contributed by atoms with Crippen LogP contribution >= 0.6 is 0 Å². The first-order valence-electron chi connectivity index (χ1n) is 17.7. The van der Waals surface area contributed by atoms with Crippen LogP contribution in [0.15, 0.2) is 59.6 Å². The van der Waals surface area contributed by atoms with Gasteiger partial charge in [-0.2, -0.15) is 13.1 Å². The molecule has 3 heterocycles.